The van der Waals surface area contributed by atoms with Crippen LogP contribution in [0.15, 0.2) is 54.6 Å². The number of benzene rings is 2. The lowest BCUT2D eigenvalue weighted by Gasteiger charge is -2.40. The van der Waals surface area contributed by atoms with Crippen LogP contribution in [0.3, 0.4) is 0 Å². The standard InChI is InChI=1S/C27H36N4O5S/c1-20(2)28-26(33)29-23(18-36-17-21-9-5-4-6-10-21)25(32)30-15-13-27(14-16-30)19-31(37(3,34)35)24-12-8-7-11-22(24)27/h4-12,20,23H,13-19H2,1-3H3,(H2,28,29,33)/t23-/m1/s1. The summed E-state index contributed by atoms with van der Waals surface area (Å²) in [6.45, 7) is 5.40. The maximum absolute atomic E-state index is 13.5. The Bertz CT molecular complexity index is 1210. The first kappa shape index (κ1) is 26.9. The second-order valence-corrected chi connectivity index (χ2v) is 12.1. The number of para-hydroxylation sites is 1. The van der Waals surface area contributed by atoms with Crippen molar-refractivity contribution in [1.82, 2.24) is 15.5 Å². The number of urea groups is 1. The lowest BCUT2D eigenvalue weighted by molar-refractivity contribution is -0.136. The third kappa shape index (κ3) is 6.24. The summed E-state index contributed by atoms with van der Waals surface area (Å²) in [6, 6.07) is 16.0. The maximum atomic E-state index is 13.5. The van der Waals surface area contributed by atoms with E-state index in [0.717, 1.165) is 16.8 Å². The Morgan fingerprint density at radius 2 is 1.65 bits per heavy atom. The van der Waals surface area contributed by atoms with Crippen molar-refractivity contribution < 1.29 is 22.7 Å². The van der Waals surface area contributed by atoms with Crippen LogP contribution < -0.4 is 14.9 Å². The minimum atomic E-state index is -3.41. The third-order valence-corrected chi connectivity index (χ3v) is 8.17. The number of anilines is 1. The summed E-state index contributed by atoms with van der Waals surface area (Å²) in [7, 11) is -3.41. The Hall–Kier alpha value is -3.11. The quantitative estimate of drug-likeness (QED) is 0.548. The average Bonchev–Trinajstić information content (AvgIpc) is 3.18. The molecule has 3 amide bonds. The normalized spacial score (nSPS) is 17.5. The number of likely N-dealkylation sites (tertiary alicyclic amines) is 1. The zero-order valence-electron chi connectivity index (χ0n) is 21.6. The molecule has 1 fully saturated rings. The number of carbonyl (C=O) groups is 2. The van der Waals surface area contributed by atoms with E-state index in [4.69, 9.17) is 4.74 Å². The van der Waals surface area contributed by atoms with Gasteiger partial charge in [0.25, 0.3) is 0 Å². The Labute approximate surface area is 219 Å². The van der Waals surface area contributed by atoms with E-state index >= 15 is 0 Å². The molecule has 0 unspecified atom stereocenters. The first-order valence-electron chi connectivity index (χ1n) is 12.6. The van der Waals surface area contributed by atoms with E-state index in [1.807, 2.05) is 68.4 Å². The molecule has 1 atom stereocenters. The van der Waals surface area contributed by atoms with Crippen LogP contribution >= 0.6 is 0 Å². The van der Waals surface area contributed by atoms with Crippen LogP contribution in [0.25, 0.3) is 0 Å². The molecule has 2 aliphatic rings. The molecule has 9 nitrogen and oxygen atoms in total. The molecule has 1 spiro atoms. The van der Waals surface area contributed by atoms with Crippen LogP contribution in [0.1, 0.15) is 37.8 Å². The van der Waals surface area contributed by atoms with Gasteiger partial charge in [-0.15, -0.1) is 0 Å². The van der Waals surface area contributed by atoms with Crippen molar-refractivity contribution in [2.24, 2.45) is 0 Å². The van der Waals surface area contributed by atoms with Crippen LogP contribution in [-0.2, 0) is 31.6 Å². The summed E-state index contributed by atoms with van der Waals surface area (Å²) in [6.07, 6.45) is 2.50. The minimum absolute atomic E-state index is 0.0472. The molecule has 0 aromatic heterocycles. The second-order valence-electron chi connectivity index (χ2n) is 10.2. The highest BCUT2D eigenvalue weighted by atomic mass is 32.2. The number of carbonyl (C=O) groups excluding carboxylic acids is 2. The Kier molecular flexibility index (Phi) is 8.08. The largest absolute Gasteiger partial charge is 0.374 e. The van der Waals surface area contributed by atoms with E-state index in [1.54, 1.807) is 4.90 Å². The van der Waals surface area contributed by atoms with Crippen molar-refractivity contribution in [3.05, 3.63) is 65.7 Å². The molecule has 2 aliphatic heterocycles. The topological polar surface area (TPSA) is 108 Å². The summed E-state index contributed by atoms with van der Waals surface area (Å²) >= 11 is 0. The Morgan fingerprint density at radius 1 is 1.00 bits per heavy atom. The van der Waals surface area contributed by atoms with Crippen LogP contribution in [0.4, 0.5) is 10.5 Å². The van der Waals surface area contributed by atoms with E-state index < -0.39 is 22.1 Å². The Balaban J connectivity index is 1.44. The van der Waals surface area contributed by atoms with Gasteiger partial charge in [0, 0.05) is 31.1 Å². The predicted molar refractivity (Wildman–Crippen MR) is 143 cm³/mol. The molecule has 2 heterocycles. The molecule has 0 saturated carbocycles. The molecule has 37 heavy (non-hydrogen) atoms. The number of rotatable bonds is 8. The van der Waals surface area contributed by atoms with Crippen molar-refractivity contribution in [1.29, 1.82) is 0 Å². The highest BCUT2D eigenvalue weighted by molar-refractivity contribution is 7.92. The molecule has 0 bridgehead atoms. The first-order chi connectivity index (χ1) is 17.6. The smallest absolute Gasteiger partial charge is 0.315 e. The monoisotopic (exact) mass is 528 g/mol. The molecular weight excluding hydrogens is 492 g/mol. The van der Waals surface area contributed by atoms with E-state index in [0.29, 0.717) is 39.1 Å². The van der Waals surface area contributed by atoms with Crippen molar-refractivity contribution >= 4 is 27.6 Å². The van der Waals surface area contributed by atoms with Crippen LogP contribution in [0, 0.1) is 0 Å². The number of sulfonamides is 1. The SMILES string of the molecule is CC(C)NC(=O)N[C@H](COCc1ccccc1)C(=O)N1CCC2(CC1)CN(S(C)(=O)=O)c1ccccc12. The highest BCUT2D eigenvalue weighted by Crippen LogP contribution is 2.47. The molecule has 2 aromatic carbocycles. The van der Waals surface area contributed by atoms with Gasteiger partial charge in [-0.3, -0.25) is 9.10 Å². The number of nitrogens with one attached hydrogen (secondary N) is 2. The van der Waals surface area contributed by atoms with Gasteiger partial charge in [0.2, 0.25) is 15.9 Å². The van der Waals surface area contributed by atoms with Crippen molar-refractivity contribution in [2.45, 2.75) is 50.8 Å². The zero-order valence-corrected chi connectivity index (χ0v) is 22.5. The second kappa shape index (κ2) is 11.1. The van der Waals surface area contributed by atoms with E-state index in [9.17, 15) is 18.0 Å². The number of ether oxygens (including phenoxy) is 1. The fraction of sp³-hybridized carbons (Fsp3) is 0.481. The molecule has 1 saturated heterocycles. The molecule has 2 aromatic rings. The third-order valence-electron chi connectivity index (χ3n) is 7.04. The maximum Gasteiger partial charge on any atom is 0.315 e. The summed E-state index contributed by atoms with van der Waals surface area (Å²) in [5, 5.41) is 5.55. The van der Waals surface area contributed by atoms with Gasteiger partial charge in [-0.2, -0.15) is 0 Å². The van der Waals surface area contributed by atoms with E-state index in [-0.39, 0.29) is 24.0 Å². The predicted octanol–water partition coefficient (Wildman–Crippen LogP) is 2.62. The highest BCUT2D eigenvalue weighted by Gasteiger charge is 2.47. The number of amides is 3. The van der Waals surface area contributed by atoms with Gasteiger partial charge >= 0.3 is 6.03 Å². The minimum Gasteiger partial charge on any atom is -0.374 e. The number of piperidine rings is 1. The first-order valence-corrected chi connectivity index (χ1v) is 14.5. The van der Waals surface area contributed by atoms with Gasteiger partial charge in [0.15, 0.2) is 0 Å². The number of hydrogen-bond acceptors (Lipinski definition) is 5. The molecular formula is C27H36N4O5S. The summed E-state index contributed by atoms with van der Waals surface area (Å²) < 4.78 is 32.2. The van der Waals surface area contributed by atoms with Crippen LogP contribution in [0.2, 0.25) is 0 Å². The van der Waals surface area contributed by atoms with Gasteiger partial charge in [0.05, 0.1) is 25.2 Å². The number of nitrogens with zero attached hydrogens (tertiary/aromatic N) is 2. The lowest BCUT2D eigenvalue weighted by atomic mass is 9.74. The van der Waals surface area contributed by atoms with Crippen LogP contribution in [-0.4, -0.2) is 69.8 Å². The summed E-state index contributed by atoms with van der Waals surface area (Å²) in [5.41, 5.74) is 2.39. The fourth-order valence-electron chi connectivity index (χ4n) is 5.19. The molecule has 2 N–H and O–H groups in total. The Morgan fingerprint density at radius 3 is 2.30 bits per heavy atom. The zero-order chi connectivity index (χ0) is 26.6. The van der Waals surface area contributed by atoms with Crippen molar-refractivity contribution in [2.75, 3.05) is 36.8 Å². The molecule has 4 rings (SSSR count). The molecule has 0 radical (unpaired) electrons. The van der Waals surface area contributed by atoms with E-state index in [2.05, 4.69) is 10.6 Å². The fourth-order valence-corrected chi connectivity index (χ4v) is 6.19. The van der Waals surface area contributed by atoms with Gasteiger partial charge < -0.3 is 20.3 Å². The van der Waals surface area contributed by atoms with Crippen LogP contribution in [0.5, 0.6) is 0 Å². The van der Waals surface area contributed by atoms with Crippen molar-refractivity contribution in [3.63, 3.8) is 0 Å². The molecule has 200 valence electrons. The number of fused-ring (bicyclic) bond motifs is 2. The summed E-state index contributed by atoms with van der Waals surface area (Å²) in [4.78, 5) is 27.7. The van der Waals surface area contributed by atoms with Gasteiger partial charge in [-0.25, -0.2) is 13.2 Å². The average molecular weight is 529 g/mol. The van der Waals surface area contributed by atoms with Crippen molar-refractivity contribution in [3.8, 4) is 0 Å². The number of hydrogen-bond donors (Lipinski definition) is 2. The van der Waals surface area contributed by atoms with Gasteiger partial charge in [-0.1, -0.05) is 48.5 Å². The van der Waals surface area contributed by atoms with E-state index in [1.165, 1.54) is 10.6 Å². The molecule has 0 aliphatic carbocycles. The van der Waals surface area contributed by atoms with Gasteiger partial charge in [0.1, 0.15) is 6.04 Å². The summed E-state index contributed by atoms with van der Waals surface area (Å²) in [5.74, 6) is -0.201. The van der Waals surface area contributed by atoms with Gasteiger partial charge in [-0.05, 0) is 43.9 Å². The molecule has 10 heteroatoms. The lowest BCUT2D eigenvalue weighted by Crippen LogP contribution is -2.56.